The van der Waals surface area contributed by atoms with E-state index < -0.39 is 22.0 Å². The zero-order chi connectivity index (χ0) is 22.6. The number of carbonyl (C=O) groups is 3. The van der Waals surface area contributed by atoms with Gasteiger partial charge in [0.1, 0.15) is 6.61 Å². The second-order valence-electron chi connectivity index (χ2n) is 6.93. The normalized spacial score (nSPS) is 13.5. The van der Waals surface area contributed by atoms with Crippen molar-refractivity contribution in [2.75, 3.05) is 34.3 Å². The summed E-state index contributed by atoms with van der Waals surface area (Å²) in [5.41, 5.74) is 1.88. The lowest BCUT2D eigenvalue weighted by Gasteiger charge is -2.15. The van der Waals surface area contributed by atoms with Gasteiger partial charge in [0.25, 0.3) is 5.91 Å². The highest BCUT2D eigenvalue weighted by molar-refractivity contribution is 7.92. The van der Waals surface area contributed by atoms with Gasteiger partial charge < -0.3 is 15.4 Å². The van der Waals surface area contributed by atoms with Crippen molar-refractivity contribution in [1.29, 1.82) is 0 Å². The molecular formula is C20H22N4O6S. The Balaban J connectivity index is 1.79. The molecule has 11 heteroatoms. The predicted molar refractivity (Wildman–Crippen MR) is 116 cm³/mol. The van der Waals surface area contributed by atoms with E-state index in [9.17, 15) is 22.8 Å². The Morgan fingerprint density at radius 1 is 1.16 bits per heavy atom. The number of benzene rings is 2. The van der Waals surface area contributed by atoms with Crippen LogP contribution >= 0.6 is 0 Å². The third-order valence-corrected chi connectivity index (χ3v) is 4.91. The first-order chi connectivity index (χ1) is 14.6. The van der Waals surface area contributed by atoms with Gasteiger partial charge in [0.15, 0.2) is 0 Å². The van der Waals surface area contributed by atoms with Crippen molar-refractivity contribution in [2.24, 2.45) is 0 Å². The van der Waals surface area contributed by atoms with Crippen LogP contribution < -0.4 is 20.3 Å². The summed E-state index contributed by atoms with van der Waals surface area (Å²) in [7, 11) is -3.62. The van der Waals surface area contributed by atoms with Crippen LogP contribution in [0.5, 0.6) is 0 Å². The van der Waals surface area contributed by atoms with E-state index in [2.05, 4.69) is 15.4 Å². The van der Waals surface area contributed by atoms with Crippen molar-refractivity contribution in [3.8, 4) is 0 Å². The molecule has 1 aliphatic heterocycles. The van der Waals surface area contributed by atoms with Crippen molar-refractivity contribution in [3.05, 3.63) is 53.6 Å². The van der Waals surface area contributed by atoms with Gasteiger partial charge in [-0.05, 0) is 35.9 Å². The molecule has 1 saturated heterocycles. The third kappa shape index (κ3) is 5.95. The minimum absolute atomic E-state index is 0.0518. The number of nitrogens with one attached hydrogen (secondary N) is 3. The molecule has 0 radical (unpaired) electrons. The van der Waals surface area contributed by atoms with Crippen molar-refractivity contribution >= 4 is 45.0 Å². The van der Waals surface area contributed by atoms with E-state index in [4.69, 9.17) is 4.74 Å². The Hall–Kier alpha value is -3.60. The van der Waals surface area contributed by atoms with Crippen molar-refractivity contribution < 1.29 is 27.5 Å². The van der Waals surface area contributed by atoms with E-state index in [1.165, 1.54) is 30.0 Å². The summed E-state index contributed by atoms with van der Waals surface area (Å²) >= 11 is 0. The van der Waals surface area contributed by atoms with Crippen LogP contribution in [0.25, 0.3) is 0 Å². The van der Waals surface area contributed by atoms with Crippen LogP contribution in [0.1, 0.15) is 22.8 Å². The van der Waals surface area contributed by atoms with Crippen LogP contribution in [-0.4, -0.2) is 45.7 Å². The summed E-state index contributed by atoms with van der Waals surface area (Å²) < 4.78 is 30.5. The molecule has 0 unspecified atom stereocenters. The maximum Gasteiger partial charge on any atom is 0.414 e. The van der Waals surface area contributed by atoms with Gasteiger partial charge in [0.05, 0.1) is 24.1 Å². The lowest BCUT2D eigenvalue weighted by atomic mass is 10.1. The summed E-state index contributed by atoms with van der Waals surface area (Å²) in [4.78, 5) is 37.4. The van der Waals surface area contributed by atoms with Gasteiger partial charge >= 0.3 is 6.09 Å². The van der Waals surface area contributed by atoms with Crippen LogP contribution in [-0.2, 0) is 26.1 Å². The summed E-state index contributed by atoms with van der Waals surface area (Å²) in [5, 5.41) is 5.29. The maximum atomic E-state index is 12.8. The van der Waals surface area contributed by atoms with E-state index in [1.54, 1.807) is 24.3 Å². The average molecular weight is 446 g/mol. The molecule has 1 fully saturated rings. The van der Waals surface area contributed by atoms with E-state index in [-0.39, 0.29) is 23.7 Å². The summed E-state index contributed by atoms with van der Waals surface area (Å²) in [6.07, 6.45) is 0.554. The summed E-state index contributed by atoms with van der Waals surface area (Å²) in [6.45, 7) is 2.23. The number of ether oxygens (including phenoxy) is 1. The minimum Gasteiger partial charge on any atom is -0.447 e. The Bertz CT molecular complexity index is 1130. The zero-order valence-electron chi connectivity index (χ0n) is 17.0. The van der Waals surface area contributed by atoms with Gasteiger partial charge in [-0.15, -0.1) is 0 Å². The molecule has 0 aromatic heterocycles. The van der Waals surface area contributed by atoms with E-state index in [0.29, 0.717) is 24.5 Å². The molecule has 2 aromatic carbocycles. The zero-order valence-corrected chi connectivity index (χ0v) is 17.8. The average Bonchev–Trinajstić information content (AvgIpc) is 3.12. The molecule has 1 heterocycles. The minimum atomic E-state index is -3.62. The Labute approximate surface area is 179 Å². The van der Waals surface area contributed by atoms with Gasteiger partial charge in [0, 0.05) is 24.8 Å². The highest BCUT2D eigenvalue weighted by Gasteiger charge is 2.23. The number of amides is 3. The number of anilines is 3. The number of sulfonamides is 1. The summed E-state index contributed by atoms with van der Waals surface area (Å²) in [5.74, 6) is -0.864. The number of hydrogen-bond acceptors (Lipinski definition) is 6. The number of carbonyl (C=O) groups excluding carboxylic acids is 3. The van der Waals surface area contributed by atoms with Crippen LogP contribution in [0.15, 0.2) is 42.5 Å². The largest absolute Gasteiger partial charge is 0.447 e. The SMILES string of the molecule is CC(=O)Nc1ccc(NS(C)(=O)=O)c(C(=O)NCc2cccc(N3CCOC3=O)c2)c1. The summed E-state index contributed by atoms with van der Waals surface area (Å²) in [6, 6.07) is 11.4. The molecule has 0 saturated carbocycles. The van der Waals surface area contributed by atoms with Crippen LogP contribution in [0.2, 0.25) is 0 Å². The van der Waals surface area contributed by atoms with Crippen LogP contribution in [0.3, 0.4) is 0 Å². The molecule has 0 atom stereocenters. The first kappa shape index (κ1) is 22.1. The predicted octanol–water partition coefficient (Wildman–Crippen LogP) is 1.90. The fourth-order valence-corrected chi connectivity index (χ4v) is 3.62. The first-order valence-corrected chi connectivity index (χ1v) is 11.2. The molecule has 3 N–H and O–H groups in total. The third-order valence-electron chi connectivity index (χ3n) is 4.32. The smallest absolute Gasteiger partial charge is 0.414 e. The first-order valence-electron chi connectivity index (χ1n) is 9.33. The Morgan fingerprint density at radius 2 is 1.94 bits per heavy atom. The molecule has 3 amide bonds. The number of rotatable bonds is 7. The van der Waals surface area contributed by atoms with Gasteiger partial charge in [-0.3, -0.25) is 19.2 Å². The molecule has 10 nitrogen and oxygen atoms in total. The molecule has 0 spiro atoms. The molecule has 164 valence electrons. The van der Waals surface area contributed by atoms with Crippen molar-refractivity contribution in [1.82, 2.24) is 5.32 Å². The van der Waals surface area contributed by atoms with E-state index in [0.717, 1.165) is 11.8 Å². The van der Waals surface area contributed by atoms with Crippen LogP contribution in [0.4, 0.5) is 21.9 Å². The number of hydrogen-bond donors (Lipinski definition) is 3. The molecule has 0 aliphatic carbocycles. The number of cyclic esters (lactones) is 1. The monoisotopic (exact) mass is 446 g/mol. The maximum absolute atomic E-state index is 12.8. The van der Waals surface area contributed by atoms with Crippen LogP contribution in [0, 0.1) is 0 Å². The standard InChI is InChI=1S/C20H22N4O6S/c1-13(25)22-15-6-7-18(23-31(2,28)29)17(11-15)19(26)21-12-14-4-3-5-16(10-14)24-8-9-30-20(24)27/h3-7,10-11,23H,8-9,12H2,1-2H3,(H,21,26)(H,22,25). The molecule has 31 heavy (non-hydrogen) atoms. The van der Waals surface area contributed by atoms with Gasteiger partial charge in [-0.1, -0.05) is 12.1 Å². The lowest BCUT2D eigenvalue weighted by molar-refractivity contribution is -0.114. The van der Waals surface area contributed by atoms with Crippen molar-refractivity contribution in [3.63, 3.8) is 0 Å². The molecule has 1 aliphatic rings. The highest BCUT2D eigenvalue weighted by Crippen LogP contribution is 2.23. The van der Waals surface area contributed by atoms with E-state index >= 15 is 0 Å². The molecule has 3 rings (SSSR count). The Kier molecular flexibility index (Phi) is 6.44. The number of nitrogens with zero attached hydrogens (tertiary/aromatic N) is 1. The Morgan fingerprint density at radius 3 is 2.58 bits per heavy atom. The molecule has 2 aromatic rings. The van der Waals surface area contributed by atoms with Gasteiger partial charge in [-0.25, -0.2) is 13.2 Å². The second kappa shape index (κ2) is 9.04. The fourth-order valence-electron chi connectivity index (χ4n) is 3.04. The van der Waals surface area contributed by atoms with E-state index in [1.807, 2.05) is 0 Å². The van der Waals surface area contributed by atoms with Crippen molar-refractivity contribution in [2.45, 2.75) is 13.5 Å². The van der Waals surface area contributed by atoms with Gasteiger partial charge in [0.2, 0.25) is 15.9 Å². The second-order valence-corrected chi connectivity index (χ2v) is 8.68. The molecular weight excluding hydrogens is 424 g/mol. The molecule has 0 bridgehead atoms. The van der Waals surface area contributed by atoms with Gasteiger partial charge in [-0.2, -0.15) is 0 Å². The fraction of sp³-hybridized carbons (Fsp3) is 0.250. The quantitative estimate of drug-likeness (QED) is 0.595. The highest BCUT2D eigenvalue weighted by atomic mass is 32.2. The lowest BCUT2D eigenvalue weighted by Crippen LogP contribution is -2.26. The topological polar surface area (TPSA) is 134 Å².